The van der Waals surface area contributed by atoms with Crippen LogP contribution in [0, 0.1) is 0 Å². The lowest BCUT2D eigenvalue weighted by Gasteiger charge is -2.45. The SMILES string of the molecule is CC1CC(N2CCCCC2C(C)N)CCO1. The molecule has 2 saturated heterocycles. The zero-order chi connectivity index (χ0) is 11.5. The zero-order valence-electron chi connectivity index (χ0n) is 10.7. The van der Waals surface area contributed by atoms with Crippen LogP contribution >= 0.6 is 0 Å². The van der Waals surface area contributed by atoms with E-state index in [0.29, 0.717) is 24.2 Å². The van der Waals surface area contributed by atoms with Gasteiger partial charge in [0.2, 0.25) is 0 Å². The molecule has 4 unspecified atom stereocenters. The maximum atomic E-state index is 6.13. The Morgan fingerprint density at radius 1 is 1.31 bits per heavy atom. The third kappa shape index (κ3) is 2.76. The van der Waals surface area contributed by atoms with E-state index in [1.807, 2.05) is 0 Å². The van der Waals surface area contributed by atoms with Crippen molar-refractivity contribution in [2.75, 3.05) is 13.2 Å². The molecule has 4 atom stereocenters. The summed E-state index contributed by atoms with van der Waals surface area (Å²) in [4.78, 5) is 2.67. The molecule has 0 spiro atoms. The Hall–Kier alpha value is -0.120. The number of nitrogens with zero attached hydrogens (tertiary/aromatic N) is 1. The van der Waals surface area contributed by atoms with E-state index in [1.165, 1.54) is 38.6 Å². The van der Waals surface area contributed by atoms with Gasteiger partial charge in [0.25, 0.3) is 0 Å². The first kappa shape index (κ1) is 12.3. The van der Waals surface area contributed by atoms with Gasteiger partial charge < -0.3 is 10.5 Å². The van der Waals surface area contributed by atoms with E-state index in [2.05, 4.69) is 18.7 Å². The molecule has 2 fully saturated rings. The number of piperidine rings is 1. The van der Waals surface area contributed by atoms with Gasteiger partial charge in [0.1, 0.15) is 0 Å². The van der Waals surface area contributed by atoms with Gasteiger partial charge in [-0.15, -0.1) is 0 Å². The van der Waals surface area contributed by atoms with Gasteiger partial charge in [0.05, 0.1) is 6.10 Å². The summed E-state index contributed by atoms with van der Waals surface area (Å²) in [5.74, 6) is 0. The zero-order valence-corrected chi connectivity index (χ0v) is 10.7. The Morgan fingerprint density at radius 2 is 2.12 bits per heavy atom. The van der Waals surface area contributed by atoms with Crippen LogP contribution < -0.4 is 5.73 Å². The molecule has 94 valence electrons. The Bertz CT molecular complexity index is 220. The maximum Gasteiger partial charge on any atom is 0.0561 e. The molecule has 2 aliphatic heterocycles. The van der Waals surface area contributed by atoms with E-state index < -0.39 is 0 Å². The van der Waals surface area contributed by atoms with Crippen molar-refractivity contribution in [3.63, 3.8) is 0 Å². The van der Waals surface area contributed by atoms with Crippen LogP contribution in [0.5, 0.6) is 0 Å². The van der Waals surface area contributed by atoms with Crippen LogP contribution in [0.3, 0.4) is 0 Å². The van der Waals surface area contributed by atoms with E-state index in [1.54, 1.807) is 0 Å². The highest BCUT2D eigenvalue weighted by Gasteiger charge is 2.33. The molecule has 0 aromatic heterocycles. The van der Waals surface area contributed by atoms with Crippen LogP contribution in [-0.2, 0) is 4.74 Å². The van der Waals surface area contributed by atoms with Gasteiger partial charge in [0.15, 0.2) is 0 Å². The van der Waals surface area contributed by atoms with Crippen LogP contribution in [0.1, 0.15) is 46.0 Å². The van der Waals surface area contributed by atoms with Crippen molar-refractivity contribution in [3.8, 4) is 0 Å². The predicted octanol–water partition coefficient (Wildman–Crippen LogP) is 1.76. The summed E-state index contributed by atoms with van der Waals surface area (Å²) < 4.78 is 5.64. The molecule has 0 radical (unpaired) electrons. The smallest absolute Gasteiger partial charge is 0.0561 e. The summed E-state index contributed by atoms with van der Waals surface area (Å²) in [6, 6.07) is 1.61. The number of rotatable bonds is 2. The fraction of sp³-hybridized carbons (Fsp3) is 1.00. The van der Waals surface area contributed by atoms with Crippen molar-refractivity contribution in [3.05, 3.63) is 0 Å². The van der Waals surface area contributed by atoms with E-state index in [4.69, 9.17) is 10.5 Å². The molecule has 0 bridgehead atoms. The van der Waals surface area contributed by atoms with Crippen molar-refractivity contribution < 1.29 is 4.74 Å². The molecule has 3 nitrogen and oxygen atoms in total. The molecule has 0 aliphatic carbocycles. The molecular formula is C13H26N2O. The van der Waals surface area contributed by atoms with Gasteiger partial charge in [-0.2, -0.15) is 0 Å². The highest BCUT2D eigenvalue weighted by Crippen LogP contribution is 2.27. The van der Waals surface area contributed by atoms with Crippen molar-refractivity contribution in [2.24, 2.45) is 5.73 Å². The first-order valence-electron chi connectivity index (χ1n) is 6.81. The van der Waals surface area contributed by atoms with Gasteiger partial charge in [-0.25, -0.2) is 0 Å². The summed E-state index contributed by atoms with van der Waals surface area (Å²) in [6.45, 7) is 6.51. The third-order valence-corrected chi connectivity index (χ3v) is 4.13. The standard InChI is InChI=1S/C13H26N2O/c1-10-9-12(6-8-16-10)15-7-4-3-5-13(15)11(2)14/h10-13H,3-9,14H2,1-2H3. The average Bonchev–Trinajstić information content (AvgIpc) is 2.29. The fourth-order valence-corrected chi connectivity index (χ4v) is 3.27. The van der Waals surface area contributed by atoms with Gasteiger partial charge in [-0.1, -0.05) is 6.42 Å². The summed E-state index contributed by atoms with van der Waals surface area (Å²) in [5.41, 5.74) is 6.13. The second kappa shape index (κ2) is 5.48. The highest BCUT2D eigenvalue weighted by atomic mass is 16.5. The van der Waals surface area contributed by atoms with Crippen LogP contribution in [0.25, 0.3) is 0 Å². The van der Waals surface area contributed by atoms with Gasteiger partial charge in [0, 0.05) is 24.7 Å². The van der Waals surface area contributed by atoms with E-state index in [9.17, 15) is 0 Å². The van der Waals surface area contributed by atoms with E-state index in [0.717, 1.165) is 6.61 Å². The van der Waals surface area contributed by atoms with E-state index >= 15 is 0 Å². The molecular weight excluding hydrogens is 200 g/mol. The van der Waals surface area contributed by atoms with Crippen molar-refractivity contribution in [1.29, 1.82) is 0 Å². The lowest BCUT2D eigenvalue weighted by molar-refractivity contribution is -0.0380. The first-order chi connectivity index (χ1) is 7.68. The first-order valence-corrected chi connectivity index (χ1v) is 6.81. The summed E-state index contributed by atoms with van der Waals surface area (Å²) in [5, 5.41) is 0. The van der Waals surface area contributed by atoms with Crippen LogP contribution in [-0.4, -0.2) is 42.3 Å². The molecule has 0 saturated carbocycles. The van der Waals surface area contributed by atoms with Gasteiger partial charge in [-0.05, 0) is 46.1 Å². The molecule has 0 aromatic rings. The lowest BCUT2D eigenvalue weighted by Crippen LogP contribution is -2.55. The number of hydrogen-bond donors (Lipinski definition) is 1. The summed E-state index contributed by atoms with van der Waals surface area (Å²) in [7, 11) is 0. The number of nitrogens with two attached hydrogens (primary N) is 1. The van der Waals surface area contributed by atoms with Gasteiger partial charge in [-0.3, -0.25) is 4.90 Å². The molecule has 3 heteroatoms. The Balaban J connectivity index is 1.98. The molecule has 2 aliphatic rings. The quantitative estimate of drug-likeness (QED) is 0.779. The normalized spacial score (nSPS) is 39.6. The average molecular weight is 226 g/mol. The molecule has 2 heterocycles. The van der Waals surface area contributed by atoms with Crippen molar-refractivity contribution in [2.45, 2.75) is 70.2 Å². The number of hydrogen-bond acceptors (Lipinski definition) is 3. The van der Waals surface area contributed by atoms with Crippen molar-refractivity contribution in [1.82, 2.24) is 4.90 Å². The van der Waals surface area contributed by atoms with Crippen LogP contribution in [0.2, 0.25) is 0 Å². The lowest BCUT2D eigenvalue weighted by atomic mass is 9.92. The Labute approximate surface area is 99.3 Å². The monoisotopic (exact) mass is 226 g/mol. The fourth-order valence-electron chi connectivity index (χ4n) is 3.27. The summed E-state index contributed by atoms with van der Waals surface area (Å²) >= 11 is 0. The molecule has 0 amide bonds. The topological polar surface area (TPSA) is 38.5 Å². The second-order valence-corrected chi connectivity index (χ2v) is 5.52. The van der Waals surface area contributed by atoms with Crippen molar-refractivity contribution >= 4 is 0 Å². The van der Waals surface area contributed by atoms with Crippen LogP contribution in [0.15, 0.2) is 0 Å². The minimum Gasteiger partial charge on any atom is -0.378 e. The minimum absolute atomic E-state index is 0.304. The molecule has 16 heavy (non-hydrogen) atoms. The maximum absolute atomic E-state index is 6.13. The minimum atomic E-state index is 0.304. The Morgan fingerprint density at radius 3 is 2.81 bits per heavy atom. The second-order valence-electron chi connectivity index (χ2n) is 5.52. The summed E-state index contributed by atoms with van der Waals surface area (Å²) in [6.07, 6.45) is 6.77. The third-order valence-electron chi connectivity index (χ3n) is 4.13. The molecule has 2 rings (SSSR count). The number of ether oxygens (including phenoxy) is 1. The highest BCUT2D eigenvalue weighted by molar-refractivity contribution is 4.89. The van der Waals surface area contributed by atoms with Crippen LogP contribution in [0.4, 0.5) is 0 Å². The number of likely N-dealkylation sites (tertiary alicyclic amines) is 1. The van der Waals surface area contributed by atoms with Gasteiger partial charge >= 0.3 is 0 Å². The molecule has 0 aromatic carbocycles. The largest absolute Gasteiger partial charge is 0.378 e. The van der Waals surface area contributed by atoms with E-state index in [-0.39, 0.29) is 0 Å². The Kier molecular flexibility index (Phi) is 4.22. The predicted molar refractivity (Wildman–Crippen MR) is 66.4 cm³/mol. The molecule has 2 N–H and O–H groups in total.